The highest BCUT2D eigenvalue weighted by Crippen LogP contribution is 2.26. The van der Waals surface area contributed by atoms with Gasteiger partial charge in [-0.3, -0.25) is 0 Å². The van der Waals surface area contributed by atoms with Gasteiger partial charge in [0.2, 0.25) is 0 Å². The lowest BCUT2D eigenvalue weighted by Gasteiger charge is -2.31. The van der Waals surface area contributed by atoms with Crippen molar-refractivity contribution in [2.45, 2.75) is 31.8 Å². The molecule has 1 heterocycles. The monoisotopic (exact) mass is 205 g/mol. The Hall–Kier alpha value is -1.06. The number of nitrogens with two attached hydrogens (primary N) is 2. The van der Waals surface area contributed by atoms with Gasteiger partial charge in [0.25, 0.3) is 0 Å². The summed E-state index contributed by atoms with van der Waals surface area (Å²) in [5.74, 6) is 0. The Morgan fingerprint density at radius 1 is 1.40 bits per heavy atom. The highest BCUT2D eigenvalue weighted by molar-refractivity contribution is 5.46. The summed E-state index contributed by atoms with van der Waals surface area (Å²) in [4.78, 5) is 0. The number of benzene rings is 1. The summed E-state index contributed by atoms with van der Waals surface area (Å²) in [6, 6.07) is 6.51. The molecule has 0 aliphatic carbocycles. The highest BCUT2D eigenvalue weighted by Gasteiger charge is 2.23. The first kappa shape index (κ1) is 10.5. The number of hydrogen-bond acceptors (Lipinski definition) is 3. The molecule has 0 aromatic heterocycles. The molecule has 1 aliphatic rings. The fraction of sp³-hybridized carbons (Fsp3) is 0.500. The third kappa shape index (κ3) is 2.13. The van der Waals surface area contributed by atoms with Crippen LogP contribution in [0, 0.1) is 6.92 Å². The summed E-state index contributed by atoms with van der Waals surface area (Å²) in [6.45, 7) is 3.16. The number of anilines is 1. The van der Waals surface area contributed by atoms with Gasteiger partial charge >= 0.3 is 0 Å². The van der Waals surface area contributed by atoms with E-state index >= 15 is 0 Å². The molecule has 1 aromatic carbocycles. The molecular formula is C12H19N3. The zero-order chi connectivity index (χ0) is 10.8. The lowest BCUT2D eigenvalue weighted by atomic mass is 9.90. The van der Waals surface area contributed by atoms with Gasteiger partial charge in [-0.2, -0.15) is 0 Å². The van der Waals surface area contributed by atoms with Gasteiger partial charge in [0, 0.05) is 17.8 Å². The lowest BCUT2D eigenvalue weighted by Crippen LogP contribution is -2.43. The van der Waals surface area contributed by atoms with Crippen molar-refractivity contribution in [3.05, 3.63) is 29.3 Å². The average Bonchev–Trinajstić information content (AvgIpc) is 2.23. The zero-order valence-electron chi connectivity index (χ0n) is 9.16. The van der Waals surface area contributed by atoms with Crippen LogP contribution in [-0.4, -0.2) is 12.6 Å². The van der Waals surface area contributed by atoms with Crippen LogP contribution in [0.5, 0.6) is 0 Å². The molecule has 1 aromatic rings. The molecule has 1 aliphatic heterocycles. The number of nitrogen functional groups attached to an aromatic ring is 1. The Morgan fingerprint density at radius 3 is 2.93 bits per heavy atom. The number of aryl methyl sites for hydroxylation is 1. The molecule has 3 nitrogen and oxygen atoms in total. The Labute approximate surface area is 90.8 Å². The van der Waals surface area contributed by atoms with Gasteiger partial charge in [-0.1, -0.05) is 6.07 Å². The minimum Gasteiger partial charge on any atom is -0.399 e. The fourth-order valence-electron chi connectivity index (χ4n) is 2.25. The predicted octanol–water partition coefficient (Wildman–Crippen LogP) is 1.33. The summed E-state index contributed by atoms with van der Waals surface area (Å²) >= 11 is 0. The molecule has 0 saturated carbocycles. The summed E-state index contributed by atoms with van der Waals surface area (Å²) in [7, 11) is 0. The first-order chi connectivity index (χ1) is 7.18. The van der Waals surface area contributed by atoms with Crippen LogP contribution >= 0.6 is 0 Å². The molecule has 1 fully saturated rings. The Bertz CT molecular complexity index is 349. The number of piperidine rings is 1. The summed E-state index contributed by atoms with van der Waals surface area (Å²) in [6.07, 6.45) is 2.25. The maximum Gasteiger partial charge on any atom is 0.0477 e. The van der Waals surface area contributed by atoms with E-state index in [0.717, 1.165) is 18.7 Å². The summed E-state index contributed by atoms with van der Waals surface area (Å²) < 4.78 is 0. The molecule has 2 rings (SSSR count). The molecule has 0 spiro atoms. The predicted molar refractivity (Wildman–Crippen MR) is 63.5 cm³/mol. The minimum absolute atomic E-state index is 0.208. The van der Waals surface area contributed by atoms with Crippen molar-refractivity contribution in [2.24, 2.45) is 5.73 Å². The van der Waals surface area contributed by atoms with Gasteiger partial charge in [0.1, 0.15) is 0 Å². The van der Waals surface area contributed by atoms with Crippen molar-refractivity contribution in [3.63, 3.8) is 0 Å². The van der Waals surface area contributed by atoms with Gasteiger partial charge in [-0.25, -0.2) is 0 Å². The van der Waals surface area contributed by atoms with Crippen molar-refractivity contribution in [2.75, 3.05) is 12.3 Å². The standard InChI is InChI=1S/C12H19N3/c1-8-4-5-9(13)7-10(8)12-11(14)3-2-6-15-12/h4-5,7,11-12,15H,2-3,6,13-14H2,1H3. The smallest absolute Gasteiger partial charge is 0.0477 e. The number of rotatable bonds is 1. The van der Waals surface area contributed by atoms with E-state index in [1.54, 1.807) is 0 Å². The first-order valence-corrected chi connectivity index (χ1v) is 5.53. The van der Waals surface area contributed by atoms with Crippen LogP contribution in [-0.2, 0) is 0 Å². The van der Waals surface area contributed by atoms with Crippen LogP contribution in [0.25, 0.3) is 0 Å². The van der Waals surface area contributed by atoms with Crippen LogP contribution in [0.3, 0.4) is 0 Å². The molecule has 82 valence electrons. The molecule has 2 atom stereocenters. The van der Waals surface area contributed by atoms with E-state index in [1.165, 1.54) is 17.5 Å². The highest BCUT2D eigenvalue weighted by atomic mass is 15.0. The minimum atomic E-state index is 0.208. The molecule has 0 amide bonds. The van der Waals surface area contributed by atoms with Gasteiger partial charge in [0.15, 0.2) is 0 Å². The van der Waals surface area contributed by atoms with E-state index in [-0.39, 0.29) is 12.1 Å². The quantitative estimate of drug-likeness (QED) is 0.606. The SMILES string of the molecule is Cc1ccc(N)cc1C1NCCCC1N. The maximum atomic E-state index is 6.13. The van der Waals surface area contributed by atoms with Crippen LogP contribution < -0.4 is 16.8 Å². The summed E-state index contributed by atoms with van der Waals surface area (Å²) in [5.41, 5.74) is 15.3. The zero-order valence-corrected chi connectivity index (χ0v) is 9.16. The van der Waals surface area contributed by atoms with Gasteiger partial charge in [-0.05, 0) is 49.6 Å². The van der Waals surface area contributed by atoms with Crippen LogP contribution in [0.2, 0.25) is 0 Å². The normalized spacial score (nSPS) is 26.5. The first-order valence-electron chi connectivity index (χ1n) is 5.53. The topological polar surface area (TPSA) is 64.1 Å². The summed E-state index contributed by atoms with van der Waals surface area (Å²) in [5, 5.41) is 3.47. The van der Waals surface area contributed by atoms with Gasteiger partial charge in [-0.15, -0.1) is 0 Å². The largest absolute Gasteiger partial charge is 0.399 e. The molecule has 0 bridgehead atoms. The molecule has 3 heteroatoms. The van der Waals surface area contributed by atoms with Crippen LogP contribution in [0.1, 0.15) is 30.0 Å². The molecule has 5 N–H and O–H groups in total. The Morgan fingerprint density at radius 2 is 2.20 bits per heavy atom. The maximum absolute atomic E-state index is 6.13. The van der Waals surface area contributed by atoms with Crippen molar-refractivity contribution >= 4 is 5.69 Å². The molecule has 15 heavy (non-hydrogen) atoms. The molecule has 0 radical (unpaired) electrons. The third-order valence-corrected chi connectivity index (χ3v) is 3.14. The molecule has 2 unspecified atom stereocenters. The van der Waals surface area contributed by atoms with E-state index in [2.05, 4.69) is 18.3 Å². The third-order valence-electron chi connectivity index (χ3n) is 3.14. The Balaban J connectivity index is 2.30. The van der Waals surface area contributed by atoms with E-state index in [9.17, 15) is 0 Å². The average molecular weight is 205 g/mol. The van der Waals surface area contributed by atoms with Crippen molar-refractivity contribution in [1.82, 2.24) is 5.32 Å². The van der Waals surface area contributed by atoms with Gasteiger partial charge < -0.3 is 16.8 Å². The van der Waals surface area contributed by atoms with E-state index in [0.29, 0.717) is 0 Å². The number of nitrogens with one attached hydrogen (secondary N) is 1. The number of hydrogen-bond donors (Lipinski definition) is 3. The van der Waals surface area contributed by atoms with Crippen molar-refractivity contribution in [3.8, 4) is 0 Å². The Kier molecular flexibility index (Phi) is 2.93. The second-order valence-corrected chi connectivity index (χ2v) is 4.35. The van der Waals surface area contributed by atoms with Crippen molar-refractivity contribution < 1.29 is 0 Å². The lowest BCUT2D eigenvalue weighted by molar-refractivity contribution is 0.357. The molecular weight excluding hydrogens is 186 g/mol. The fourth-order valence-corrected chi connectivity index (χ4v) is 2.25. The van der Waals surface area contributed by atoms with Crippen molar-refractivity contribution in [1.29, 1.82) is 0 Å². The van der Waals surface area contributed by atoms with E-state index < -0.39 is 0 Å². The van der Waals surface area contributed by atoms with Gasteiger partial charge in [0.05, 0.1) is 0 Å². The van der Waals surface area contributed by atoms with E-state index in [4.69, 9.17) is 11.5 Å². The molecule has 1 saturated heterocycles. The second-order valence-electron chi connectivity index (χ2n) is 4.35. The van der Waals surface area contributed by atoms with E-state index in [1.807, 2.05) is 12.1 Å². The van der Waals surface area contributed by atoms with Crippen LogP contribution in [0.15, 0.2) is 18.2 Å². The second kappa shape index (κ2) is 4.21. The van der Waals surface area contributed by atoms with Crippen LogP contribution in [0.4, 0.5) is 5.69 Å².